The summed E-state index contributed by atoms with van der Waals surface area (Å²) in [6.45, 7) is 3.19. The largest absolute Gasteiger partial charge is 0.368 e. The molecule has 0 aromatic carbocycles. The highest BCUT2D eigenvalue weighted by Crippen LogP contribution is 2.14. The van der Waals surface area contributed by atoms with Crippen LogP contribution in [0.3, 0.4) is 0 Å². The van der Waals surface area contributed by atoms with E-state index in [2.05, 4.69) is 4.90 Å². The van der Waals surface area contributed by atoms with Gasteiger partial charge in [-0.1, -0.05) is 0 Å². The summed E-state index contributed by atoms with van der Waals surface area (Å²) in [4.78, 5) is 12.8. The third-order valence-electron chi connectivity index (χ3n) is 2.52. The molecule has 76 valence electrons. The number of primary amides is 1. The number of carbonyl (C=O) groups is 1. The summed E-state index contributed by atoms with van der Waals surface area (Å²) in [5.41, 5.74) is 16.1. The lowest BCUT2D eigenvalue weighted by Gasteiger charge is -2.18. The van der Waals surface area contributed by atoms with Crippen molar-refractivity contribution in [3.63, 3.8) is 0 Å². The minimum absolute atomic E-state index is 0.434. The Bertz CT molecular complexity index is 185. The van der Waals surface area contributed by atoms with Gasteiger partial charge in [0.15, 0.2) is 0 Å². The van der Waals surface area contributed by atoms with Gasteiger partial charge in [0, 0.05) is 13.1 Å². The van der Waals surface area contributed by atoms with Crippen LogP contribution in [0, 0.1) is 5.92 Å². The van der Waals surface area contributed by atoms with Crippen molar-refractivity contribution >= 4 is 5.91 Å². The third-order valence-corrected chi connectivity index (χ3v) is 2.52. The molecule has 1 aliphatic rings. The highest BCUT2D eigenvalue weighted by atomic mass is 16.1. The molecule has 1 rings (SSSR count). The number of hydrogen-bond donors (Lipinski definition) is 3. The van der Waals surface area contributed by atoms with E-state index in [1.807, 2.05) is 0 Å². The van der Waals surface area contributed by atoms with Crippen LogP contribution in [0.2, 0.25) is 0 Å². The summed E-state index contributed by atoms with van der Waals surface area (Å²) >= 11 is 0. The van der Waals surface area contributed by atoms with Gasteiger partial charge in [0.05, 0.1) is 6.04 Å². The van der Waals surface area contributed by atoms with Crippen molar-refractivity contribution in [1.82, 2.24) is 4.90 Å². The Morgan fingerprint density at radius 3 is 2.77 bits per heavy atom. The Morgan fingerprint density at radius 2 is 2.31 bits per heavy atom. The maximum absolute atomic E-state index is 10.7. The first-order valence-electron chi connectivity index (χ1n) is 4.60. The fourth-order valence-corrected chi connectivity index (χ4v) is 1.64. The summed E-state index contributed by atoms with van der Waals surface area (Å²) in [6.07, 6.45) is 1.10. The summed E-state index contributed by atoms with van der Waals surface area (Å²) in [5.74, 6) is 0.122. The van der Waals surface area contributed by atoms with Crippen molar-refractivity contribution in [2.45, 2.75) is 12.5 Å². The second kappa shape index (κ2) is 4.55. The number of nitrogens with zero attached hydrogens (tertiary/aromatic N) is 1. The van der Waals surface area contributed by atoms with Crippen molar-refractivity contribution < 1.29 is 4.79 Å². The third kappa shape index (κ3) is 2.95. The maximum atomic E-state index is 10.7. The van der Waals surface area contributed by atoms with Gasteiger partial charge in [-0.15, -0.1) is 0 Å². The van der Waals surface area contributed by atoms with Crippen molar-refractivity contribution in [2.75, 3.05) is 26.2 Å². The van der Waals surface area contributed by atoms with Crippen LogP contribution >= 0.6 is 0 Å². The zero-order valence-corrected chi connectivity index (χ0v) is 7.78. The molecule has 1 saturated heterocycles. The molecule has 0 bridgehead atoms. The van der Waals surface area contributed by atoms with Gasteiger partial charge in [0.2, 0.25) is 5.91 Å². The van der Waals surface area contributed by atoms with Gasteiger partial charge in [0.1, 0.15) is 0 Å². The molecular formula is C8H18N4O. The normalized spacial score (nSPS) is 26.2. The maximum Gasteiger partial charge on any atom is 0.235 e. The second-order valence-corrected chi connectivity index (χ2v) is 3.66. The molecule has 0 aromatic rings. The zero-order valence-electron chi connectivity index (χ0n) is 7.78. The molecule has 0 spiro atoms. The lowest BCUT2D eigenvalue weighted by atomic mass is 10.1. The number of carbonyl (C=O) groups excluding carboxylic acids is 1. The van der Waals surface area contributed by atoms with E-state index in [1.54, 1.807) is 0 Å². The summed E-state index contributed by atoms with van der Waals surface area (Å²) in [6, 6.07) is -0.545. The number of rotatable bonds is 4. The van der Waals surface area contributed by atoms with Gasteiger partial charge in [-0.2, -0.15) is 0 Å². The van der Waals surface area contributed by atoms with E-state index in [0.717, 1.165) is 19.5 Å². The monoisotopic (exact) mass is 186 g/mol. The Balaban J connectivity index is 2.27. The van der Waals surface area contributed by atoms with E-state index in [1.165, 1.54) is 0 Å². The Labute approximate surface area is 78.2 Å². The number of hydrogen-bond acceptors (Lipinski definition) is 4. The van der Waals surface area contributed by atoms with Crippen molar-refractivity contribution in [2.24, 2.45) is 23.1 Å². The van der Waals surface area contributed by atoms with Crippen LogP contribution in [0.25, 0.3) is 0 Å². The highest BCUT2D eigenvalue weighted by molar-refractivity contribution is 5.79. The number of likely N-dealkylation sites (tertiary alicyclic amines) is 1. The Kier molecular flexibility index (Phi) is 3.65. The van der Waals surface area contributed by atoms with Crippen molar-refractivity contribution in [3.05, 3.63) is 0 Å². The minimum Gasteiger partial charge on any atom is -0.368 e. The topological polar surface area (TPSA) is 98.4 Å². The van der Waals surface area contributed by atoms with E-state index in [9.17, 15) is 4.79 Å². The van der Waals surface area contributed by atoms with Gasteiger partial charge < -0.3 is 22.1 Å². The van der Waals surface area contributed by atoms with Crippen molar-refractivity contribution in [3.8, 4) is 0 Å². The number of nitrogens with two attached hydrogens (primary N) is 3. The number of amides is 1. The molecule has 6 N–H and O–H groups in total. The highest BCUT2D eigenvalue weighted by Gasteiger charge is 2.23. The molecule has 2 unspecified atom stereocenters. The second-order valence-electron chi connectivity index (χ2n) is 3.66. The van der Waals surface area contributed by atoms with Crippen LogP contribution in [0.15, 0.2) is 0 Å². The molecule has 1 fully saturated rings. The molecule has 1 heterocycles. The van der Waals surface area contributed by atoms with Crippen LogP contribution in [0.1, 0.15) is 6.42 Å². The Hall–Kier alpha value is -0.650. The quantitative estimate of drug-likeness (QED) is 0.476. The minimum atomic E-state index is -0.545. The first-order valence-corrected chi connectivity index (χ1v) is 4.60. The first kappa shape index (κ1) is 10.4. The summed E-state index contributed by atoms with van der Waals surface area (Å²) in [7, 11) is 0. The van der Waals surface area contributed by atoms with E-state index in [-0.39, 0.29) is 0 Å². The molecule has 1 amide bonds. The summed E-state index contributed by atoms with van der Waals surface area (Å²) in [5, 5.41) is 0. The molecule has 0 saturated carbocycles. The van der Waals surface area contributed by atoms with E-state index < -0.39 is 11.9 Å². The molecular weight excluding hydrogens is 168 g/mol. The van der Waals surface area contributed by atoms with E-state index in [0.29, 0.717) is 19.0 Å². The SMILES string of the molecule is NCC1CCN(CC(N)C(N)=O)C1. The van der Waals surface area contributed by atoms with Gasteiger partial charge in [-0.3, -0.25) is 4.79 Å². The molecule has 2 atom stereocenters. The van der Waals surface area contributed by atoms with Crippen LogP contribution < -0.4 is 17.2 Å². The molecule has 5 heteroatoms. The van der Waals surface area contributed by atoms with Gasteiger partial charge in [-0.25, -0.2) is 0 Å². The van der Waals surface area contributed by atoms with Crippen LogP contribution in [0.4, 0.5) is 0 Å². The zero-order chi connectivity index (χ0) is 9.84. The molecule has 5 nitrogen and oxygen atoms in total. The fraction of sp³-hybridized carbons (Fsp3) is 0.875. The first-order chi connectivity index (χ1) is 6.13. The summed E-state index contributed by atoms with van der Waals surface area (Å²) < 4.78 is 0. The van der Waals surface area contributed by atoms with Crippen LogP contribution in [0.5, 0.6) is 0 Å². The average molecular weight is 186 g/mol. The lowest BCUT2D eigenvalue weighted by molar-refractivity contribution is -0.119. The smallest absolute Gasteiger partial charge is 0.235 e. The van der Waals surface area contributed by atoms with Crippen LogP contribution in [-0.4, -0.2) is 43.0 Å². The van der Waals surface area contributed by atoms with Gasteiger partial charge >= 0.3 is 0 Å². The predicted molar refractivity (Wildman–Crippen MR) is 50.8 cm³/mol. The van der Waals surface area contributed by atoms with Crippen LogP contribution in [-0.2, 0) is 4.79 Å². The van der Waals surface area contributed by atoms with E-state index >= 15 is 0 Å². The Morgan fingerprint density at radius 1 is 1.62 bits per heavy atom. The van der Waals surface area contributed by atoms with Crippen molar-refractivity contribution in [1.29, 1.82) is 0 Å². The molecule has 0 aromatic heterocycles. The van der Waals surface area contributed by atoms with Gasteiger partial charge in [-0.05, 0) is 25.4 Å². The average Bonchev–Trinajstić information content (AvgIpc) is 2.52. The molecule has 0 radical (unpaired) electrons. The lowest BCUT2D eigenvalue weighted by Crippen LogP contribution is -2.45. The van der Waals surface area contributed by atoms with E-state index in [4.69, 9.17) is 17.2 Å². The standard InChI is InChI=1S/C8H18N4O/c9-3-6-1-2-12(4-6)5-7(10)8(11)13/h6-7H,1-5,9-10H2,(H2,11,13). The van der Waals surface area contributed by atoms with Gasteiger partial charge in [0.25, 0.3) is 0 Å². The molecule has 1 aliphatic heterocycles. The molecule has 0 aliphatic carbocycles. The molecule has 13 heavy (non-hydrogen) atoms. The predicted octanol–water partition coefficient (Wildman–Crippen LogP) is -1.92. The fourth-order valence-electron chi connectivity index (χ4n) is 1.64.